The molecular weight excluding hydrogens is 324 g/mol. The molecule has 0 amide bonds. The number of hydrogen-bond acceptors (Lipinski definition) is 6. The Hall–Kier alpha value is -1.86. The molecule has 0 radical (unpaired) electrons. The van der Waals surface area contributed by atoms with Gasteiger partial charge in [-0.05, 0) is 63.3 Å². The van der Waals surface area contributed by atoms with Gasteiger partial charge in [-0.2, -0.15) is 0 Å². The van der Waals surface area contributed by atoms with Crippen molar-refractivity contribution in [3.05, 3.63) is 60.2 Å². The molecule has 0 aliphatic rings. The van der Waals surface area contributed by atoms with Crippen LogP contribution in [0.25, 0.3) is 0 Å². The molecule has 0 saturated carbocycles. The number of pyridine rings is 2. The van der Waals surface area contributed by atoms with Gasteiger partial charge in [-0.15, -0.1) is 0 Å². The molecule has 0 aliphatic heterocycles. The molecule has 2 rings (SSSR count). The lowest BCUT2D eigenvalue weighted by molar-refractivity contribution is 0.554. The third-order valence-electron chi connectivity index (χ3n) is 3.96. The molecular formula is C20H32N6. The van der Waals surface area contributed by atoms with Gasteiger partial charge < -0.3 is 21.3 Å². The van der Waals surface area contributed by atoms with E-state index in [2.05, 4.69) is 31.2 Å². The van der Waals surface area contributed by atoms with Gasteiger partial charge in [0.25, 0.3) is 0 Å². The zero-order valence-corrected chi connectivity index (χ0v) is 15.6. The average molecular weight is 357 g/mol. The largest absolute Gasteiger partial charge is 0.315 e. The van der Waals surface area contributed by atoms with Crippen molar-refractivity contribution in [1.82, 2.24) is 31.2 Å². The van der Waals surface area contributed by atoms with E-state index in [1.165, 1.54) is 0 Å². The van der Waals surface area contributed by atoms with Gasteiger partial charge in [0.15, 0.2) is 0 Å². The maximum Gasteiger partial charge on any atom is 0.0541 e. The van der Waals surface area contributed by atoms with E-state index < -0.39 is 0 Å². The highest BCUT2D eigenvalue weighted by molar-refractivity contribution is 5.03. The zero-order valence-electron chi connectivity index (χ0n) is 15.6. The summed E-state index contributed by atoms with van der Waals surface area (Å²) in [5, 5.41) is 13.8. The second-order valence-electron chi connectivity index (χ2n) is 6.20. The first kappa shape index (κ1) is 20.5. The van der Waals surface area contributed by atoms with Crippen LogP contribution in [0.5, 0.6) is 0 Å². The first-order chi connectivity index (χ1) is 12.9. The highest BCUT2D eigenvalue weighted by Gasteiger charge is 1.94. The van der Waals surface area contributed by atoms with Crippen LogP contribution in [0.2, 0.25) is 0 Å². The standard InChI is InChI=1S/C20H32N6/c1-3-13-25-19(7-1)17-23-11-5-9-21-15-16-22-10-6-12-24-18-20-8-2-4-14-26-20/h1-4,7-8,13-14,21-24H,5-6,9-12,15-18H2. The van der Waals surface area contributed by atoms with Gasteiger partial charge in [0, 0.05) is 38.6 Å². The van der Waals surface area contributed by atoms with Crippen molar-refractivity contribution in [2.24, 2.45) is 0 Å². The predicted octanol–water partition coefficient (Wildman–Crippen LogP) is 1.32. The summed E-state index contributed by atoms with van der Waals surface area (Å²) in [4.78, 5) is 8.59. The molecule has 0 aromatic carbocycles. The van der Waals surface area contributed by atoms with Crippen LogP contribution in [0.1, 0.15) is 24.2 Å². The highest BCUT2D eigenvalue weighted by atomic mass is 15.0. The Morgan fingerprint density at radius 2 is 1.00 bits per heavy atom. The molecule has 2 aromatic heterocycles. The van der Waals surface area contributed by atoms with Crippen LogP contribution < -0.4 is 21.3 Å². The SMILES string of the molecule is c1ccc(CNCCCNCCNCCCNCc2ccccn2)nc1. The van der Waals surface area contributed by atoms with E-state index in [4.69, 9.17) is 0 Å². The summed E-state index contributed by atoms with van der Waals surface area (Å²) in [6.45, 7) is 7.83. The highest BCUT2D eigenvalue weighted by Crippen LogP contribution is 1.92. The van der Waals surface area contributed by atoms with Crippen molar-refractivity contribution in [2.45, 2.75) is 25.9 Å². The summed E-state index contributed by atoms with van der Waals surface area (Å²) < 4.78 is 0. The maximum atomic E-state index is 4.29. The second kappa shape index (κ2) is 14.3. The van der Waals surface area contributed by atoms with Crippen LogP contribution >= 0.6 is 0 Å². The average Bonchev–Trinajstić information content (AvgIpc) is 2.70. The van der Waals surface area contributed by atoms with E-state index >= 15 is 0 Å². The van der Waals surface area contributed by atoms with Crippen molar-refractivity contribution in [1.29, 1.82) is 0 Å². The molecule has 26 heavy (non-hydrogen) atoms. The van der Waals surface area contributed by atoms with E-state index in [9.17, 15) is 0 Å². The Morgan fingerprint density at radius 1 is 0.538 bits per heavy atom. The van der Waals surface area contributed by atoms with E-state index in [0.717, 1.165) is 76.6 Å². The van der Waals surface area contributed by atoms with E-state index in [0.29, 0.717) is 0 Å². The van der Waals surface area contributed by atoms with Crippen LogP contribution in [-0.2, 0) is 13.1 Å². The zero-order chi connectivity index (χ0) is 18.1. The fourth-order valence-electron chi connectivity index (χ4n) is 2.54. The lowest BCUT2D eigenvalue weighted by atomic mass is 10.3. The summed E-state index contributed by atoms with van der Waals surface area (Å²) >= 11 is 0. The Bertz CT molecular complexity index is 497. The van der Waals surface area contributed by atoms with Crippen molar-refractivity contribution in [2.75, 3.05) is 39.3 Å². The lowest BCUT2D eigenvalue weighted by Crippen LogP contribution is -2.30. The van der Waals surface area contributed by atoms with Crippen LogP contribution in [0.15, 0.2) is 48.8 Å². The second-order valence-corrected chi connectivity index (χ2v) is 6.20. The molecule has 0 spiro atoms. The minimum atomic E-state index is 0.844. The quantitative estimate of drug-likeness (QED) is 0.361. The fourth-order valence-corrected chi connectivity index (χ4v) is 2.54. The Balaban J connectivity index is 1.28. The summed E-state index contributed by atoms with van der Waals surface area (Å²) in [6.07, 6.45) is 5.93. The van der Waals surface area contributed by atoms with Crippen molar-refractivity contribution in [3.63, 3.8) is 0 Å². The molecule has 6 heteroatoms. The summed E-state index contributed by atoms with van der Waals surface area (Å²) in [6, 6.07) is 12.0. The van der Waals surface area contributed by atoms with Gasteiger partial charge in [0.1, 0.15) is 0 Å². The normalized spacial score (nSPS) is 10.9. The monoisotopic (exact) mass is 356 g/mol. The minimum Gasteiger partial charge on any atom is -0.315 e. The Morgan fingerprint density at radius 3 is 1.42 bits per heavy atom. The topological polar surface area (TPSA) is 73.9 Å². The third-order valence-corrected chi connectivity index (χ3v) is 3.96. The van der Waals surface area contributed by atoms with Gasteiger partial charge in [-0.1, -0.05) is 12.1 Å². The van der Waals surface area contributed by atoms with Gasteiger partial charge in [0.2, 0.25) is 0 Å². The van der Waals surface area contributed by atoms with E-state index in [1.54, 1.807) is 0 Å². The van der Waals surface area contributed by atoms with Gasteiger partial charge >= 0.3 is 0 Å². The van der Waals surface area contributed by atoms with Crippen LogP contribution in [0, 0.1) is 0 Å². The molecule has 0 fully saturated rings. The summed E-state index contributed by atoms with van der Waals surface area (Å²) in [7, 11) is 0. The molecule has 2 heterocycles. The first-order valence-electron chi connectivity index (χ1n) is 9.58. The molecule has 0 atom stereocenters. The van der Waals surface area contributed by atoms with Gasteiger partial charge in [-0.3, -0.25) is 9.97 Å². The van der Waals surface area contributed by atoms with Crippen LogP contribution in [0.4, 0.5) is 0 Å². The number of nitrogens with zero attached hydrogens (tertiary/aromatic N) is 2. The summed E-state index contributed by atoms with van der Waals surface area (Å²) in [5.74, 6) is 0. The van der Waals surface area contributed by atoms with Crippen molar-refractivity contribution in [3.8, 4) is 0 Å². The van der Waals surface area contributed by atoms with Crippen molar-refractivity contribution < 1.29 is 0 Å². The Kier molecular flexibility index (Phi) is 11.3. The fraction of sp³-hybridized carbons (Fsp3) is 0.500. The molecule has 142 valence electrons. The van der Waals surface area contributed by atoms with E-state index in [1.807, 2.05) is 48.8 Å². The van der Waals surface area contributed by atoms with Gasteiger partial charge in [0.05, 0.1) is 11.4 Å². The molecule has 0 bridgehead atoms. The number of hydrogen-bond donors (Lipinski definition) is 4. The molecule has 0 saturated heterocycles. The molecule has 0 aliphatic carbocycles. The number of rotatable bonds is 15. The smallest absolute Gasteiger partial charge is 0.0541 e. The van der Waals surface area contributed by atoms with Crippen molar-refractivity contribution >= 4 is 0 Å². The first-order valence-corrected chi connectivity index (χ1v) is 9.58. The number of nitrogens with one attached hydrogen (secondary N) is 4. The number of aromatic nitrogens is 2. The van der Waals surface area contributed by atoms with E-state index in [-0.39, 0.29) is 0 Å². The summed E-state index contributed by atoms with van der Waals surface area (Å²) in [5.41, 5.74) is 2.19. The predicted molar refractivity (Wildman–Crippen MR) is 107 cm³/mol. The molecule has 4 N–H and O–H groups in total. The Labute approximate surface area is 157 Å². The maximum absolute atomic E-state index is 4.29. The molecule has 0 unspecified atom stereocenters. The van der Waals surface area contributed by atoms with Gasteiger partial charge in [-0.25, -0.2) is 0 Å². The third kappa shape index (κ3) is 10.2. The van der Waals surface area contributed by atoms with Crippen LogP contribution in [-0.4, -0.2) is 49.2 Å². The minimum absolute atomic E-state index is 0.844. The molecule has 2 aromatic rings. The van der Waals surface area contributed by atoms with Crippen LogP contribution in [0.3, 0.4) is 0 Å². The molecule has 6 nitrogen and oxygen atoms in total. The lowest BCUT2D eigenvalue weighted by Gasteiger charge is -2.08.